The number of nitrogens with one attached hydrogen (secondary N) is 1. The molecule has 4 aromatic rings. The average Bonchev–Trinajstić information content (AvgIpc) is 3.07. The second kappa shape index (κ2) is 7.67. The van der Waals surface area contributed by atoms with Crippen molar-refractivity contribution in [3.63, 3.8) is 0 Å². The van der Waals surface area contributed by atoms with E-state index in [1.54, 1.807) is 67.8 Å². The standard InChI is InChI=1S/C26H18N2O4/c1-32-19-12-10-18(11-13-19)27-24(29)20-8-4-5-9-23(20)28-25(30)21-14-16-6-2-3-7-17(16)15-22(21)26(28)31/h2-15H,1H3,(H,27,29). The van der Waals surface area contributed by atoms with Crippen LogP contribution in [-0.2, 0) is 0 Å². The Kier molecular flexibility index (Phi) is 4.67. The van der Waals surface area contributed by atoms with Crippen molar-refractivity contribution in [2.75, 3.05) is 17.3 Å². The van der Waals surface area contributed by atoms with E-state index < -0.39 is 17.7 Å². The number of benzene rings is 4. The number of amides is 3. The third-order valence-corrected chi connectivity index (χ3v) is 5.49. The van der Waals surface area contributed by atoms with Crippen molar-refractivity contribution in [2.24, 2.45) is 0 Å². The molecule has 0 spiro atoms. The molecule has 0 aromatic heterocycles. The van der Waals surface area contributed by atoms with Gasteiger partial charge in [0.05, 0.1) is 29.5 Å². The number of imide groups is 1. The Hall–Kier alpha value is -4.45. The molecule has 32 heavy (non-hydrogen) atoms. The van der Waals surface area contributed by atoms with Gasteiger partial charge in [0.2, 0.25) is 0 Å². The van der Waals surface area contributed by atoms with Crippen molar-refractivity contribution in [3.05, 3.63) is 102 Å². The number of methoxy groups -OCH3 is 1. The summed E-state index contributed by atoms with van der Waals surface area (Å²) in [5.41, 5.74) is 1.70. The van der Waals surface area contributed by atoms with Gasteiger partial charge in [-0.1, -0.05) is 36.4 Å². The van der Waals surface area contributed by atoms with Crippen molar-refractivity contribution in [2.45, 2.75) is 0 Å². The highest BCUT2D eigenvalue weighted by Gasteiger charge is 2.38. The lowest BCUT2D eigenvalue weighted by molar-refractivity contribution is 0.0926. The molecule has 5 rings (SSSR count). The maximum Gasteiger partial charge on any atom is 0.266 e. The van der Waals surface area contributed by atoms with Gasteiger partial charge < -0.3 is 10.1 Å². The fourth-order valence-electron chi connectivity index (χ4n) is 3.88. The Labute approximate surface area is 184 Å². The van der Waals surface area contributed by atoms with Crippen LogP contribution in [0.4, 0.5) is 11.4 Å². The van der Waals surface area contributed by atoms with E-state index in [2.05, 4.69) is 5.32 Å². The van der Waals surface area contributed by atoms with Crippen LogP contribution in [0.2, 0.25) is 0 Å². The van der Waals surface area contributed by atoms with Crippen LogP contribution in [0.15, 0.2) is 84.9 Å². The zero-order valence-electron chi connectivity index (χ0n) is 17.2. The molecule has 1 N–H and O–H groups in total. The zero-order valence-corrected chi connectivity index (χ0v) is 17.2. The summed E-state index contributed by atoms with van der Waals surface area (Å²) < 4.78 is 5.13. The van der Waals surface area contributed by atoms with Crippen molar-refractivity contribution < 1.29 is 19.1 Å². The van der Waals surface area contributed by atoms with E-state index >= 15 is 0 Å². The van der Waals surface area contributed by atoms with Gasteiger partial charge in [0.1, 0.15) is 5.75 Å². The van der Waals surface area contributed by atoms with Crippen LogP contribution in [0.3, 0.4) is 0 Å². The fourth-order valence-corrected chi connectivity index (χ4v) is 3.88. The lowest BCUT2D eigenvalue weighted by atomic mass is 10.0. The summed E-state index contributed by atoms with van der Waals surface area (Å²) in [7, 11) is 1.56. The molecule has 0 fully saturated rings. The molecule has 1 aliphatic rings. The van der Waals surface area contributed by atoms with Gasteiger partial charge in [0, 0.05) is 5.69 Å². The monoisotopic (exact) mass is 422 g/mol. The van der Waals surface area contributed by atoms with E-state index in [4.69, 9.17) is 4.74 Å². The molecular formula is C26H18N2O4. The minimum Gasteiger partial charge on any atom is -0.497 e. The van der Waals surface area contributed by atoms with Gasteiger partial charge in [-0.25, -0.2) is 4.90 Å². The smallest absolute Gasteiger partial charge is 0.266 e. The molecule has 1 heterocycles. The first-order chi connectivity index (χ1) is 15.6. The molecule has 0 aliphatic carbocycles. The summed E-state index contributed by atoms with van der Waals surface area (Å²) in [6.45, 7) is 0. The highest BCUT2D eigenvalue weighted by Crippen LogP contribution is 2.33. The summed E-state index contributed by atoms with van der Waals surface area (Å²) in [6, 6.07) is 24.5. The molecule has 6 nitrogen and oxygen atoms in total. The number of rotatable bonds is 4. The minimum atomic E-state index is -0.444. The first-order valence-electron chi connectivity index (χ1n) is 10.0. The number of hydrogen-bond donors (Lipinski definition) is 1. The molecule has 4 aromatic carbocycles. The molecule has 0 atom stereocenters. The summed E-state index contributed by atoms with van der Waals surface area (Å²) in [6.07, 6.45) is 0. The third-order valence-electron chi connectivity index (χ3n) is 5.49. The van der Waals surface area contributed by atoms with E-state index in [0.717, 1.165) is 15.7 Å². The second-order valence-corrected chi connectivity index (χ2v) is 7.39. The van der Waals surface area contributed by atoms with E-state index in [9.17, 15) is 14.4 Å². The van der Waals surface area contributed by atoms with Crippen molar-refractivity contribution in [1.82, 2.24) is 0 Å². The molecule has 0 saturated carbocycles. The summed E-state index contributed by atoms with van der Waals surface area (Å²) in [4.78, 5) is 40.5. The number of carbonyl (C=O) groups excluding carboxylic acids is 3. The Morgan fingerprint density at radius 3 is 1.94 bits per heavy atom. The molecule has 0 radical (unpaired) electrons. The van der Waals surface area contributed by atoms with E-state index in [0.29, 0.717) is 22.6 Å². The largest absolute Gasteiger partial charge is 0.497 e. The summed E-state index contributed by atoms with van der Waals surface area (Å²) in [5, 5.41) is 4.56. The normalized spacial score (nSPS) is 12.7. The van der Waals surface area contributed by atoms with E-state index in [-0.39, 0.29) is 11.3 Å². The maximum atomic E-state index is 13.2. The number of carbonyl (C=O) groups is 3. The Balaban J connectivity index is 1.51. The average molecular weight is 422 g/mol. The predicted octanol–water partition coefficient (Wildman–Crippen LogP) is 4.90. The molecule has 0 saturated heterocycles. The Morgan fingerprint density at radius 1 is 0.781 bits per heavy atom. The number of hydrogen-bond acceptors (Lipinski definition) is 4. The summed E-state index contributed by atoms with van der Waals surface area (Å²) in [5.74, 6) is -0.643. The van der Waals surface area contributed by atoms with Crippen molar-refractivity contribution >= 4 is 39.9 Å². The second-order valence-electron chi connectivity index (χ2n) is 7.39. The zero-order chi connectivity index (χ0) is 22.2. The van der Waals surface area contributed by atoms with Gasteiger partial charge in [-0.3, -0.25) is 14.4 Å². The Bertz CT molecular complexity index is 1340. The maximum absolute atomic E-state index is 13.2. The third kappa shape index (κ3) is 3.18. The number of nitrogens with zero attached hydrogens (tertiary/aromatic N) is 1. The van der Waals surface area contributed by atoms with Gasteiger partial charge in [-0.15, -0.1) is 0 Å². The number of ether oxygens (including phenoxy) is 1. The van der Waals surface area contributed by atoms with Crippen LogP contribution in [0.25, 0.3) is 10.8 Å². The molecule has 0 unspecified atom stereocenters. The summed E-state index contributed by atoms with van der Waals surface area (Å²) >= 11 is 0. The highest BCUT2D eigenvalue weighted by atomic mass is 16.5. The Morgan fingerprint density at radius 2 is 1.34 bits per heavy atom. The molecule has 0 bridgehead atoms. The number of para-hydroxylation sites is 1. The molecular weight excluding hydrogens is 404 g/mol. The molecule has 1 aliphatic heterocycles. The van der Waals surface area contributed by atoms with E-state index in [1.165, 1.54) is 0 Å². The highest BCUT2D eigenvalue weighted by molar-refractivity contribution is 6.36. The van der Waals surface area contributed by atoms with Gasteiger partial charge in [0.15, 0.2) is 0 Å². The van der Waals surface area contributed by atoms with Crippen LogP contribution < -0.4 is 15.0 Å². The number of anilines is 2. The van der Waals surface area contributed by atoms with Gasteiger partial charge in [0.25, 0.3) is 17.7 Å². The SMILES string of the molecule is COc1ccc(NC(=O)c2ccccc2N2C(=O)c3cc4ccccc4cc3C2=O)cc1. The van der Waals surface area contributed by atoms with Gasteiger partial charge >= 0.3 is 0 Å². The van der Waals surface area contributed by atoms with Gasteiger partial charge in [-0.05, 0) is 59.3 Å². The number of fused-ring (bicyclic) bond motifs is 2. The minimum absolute atomic E-state index is 0.224. The van der Waals surface area contributed by atoms with Crippen LogP contribution in [-0.4, -0.2) is 24.8 Å². The van der Waals surface area contributed by atoms with E-state index in [1.807, 2.05) is 24.3 Å². The molecule has 156 valence electrons. The van der Waals surface area contributed by atoms with Crippen molar-refractivity contribution in [1.29, 1.82) is 0 Å². The first-order valence-corrected chi connectivity index (χ1v) is 10.0. The lowest BCUT2D eigenvalue weighted by Crippen LogP contribution is -2.31. The van der Waals surface area contributed by atoms with Crippen LogP contribution in [0, 0.1) is 0 Å². The molecule has 6 heteroatoms. The van der Waals surface area contributed by atoms with Crippen LogP contribution in [0.5, 0.6) is 5.75 Å². The quantitative estimate of drug-likeness (QED) is 0.475. The van der Waals surface area contributed by atoms with Crippen molar-refractivity contribution in [3.8, 4) is 5.75 Å². The topological polar surface area (TPSA) is 75.7 Å². The van der Waals surface area contributed by atoms with Crippen LogP contribution >= 0.6 is 0 Å². The fraction of sp³-hybridized carbons (Fsp3) is 0.0385. The molecule has 3 amide bonds. The predicted molar refractivity (Wildman–Crippen MR) is 122 cm³/mol. The van der Waals surface area contributed by atoms with Crippen LogP contribution in [0.1, 0.15) is 31.1 Å². The van der Waals surface area contributed by atoms with Gasteiger partial charge in [-0.2, -0.15) is 0 Å². The first kappa shape index (κ1) is 19.5. The lowest BCUT2D eigenvalue weighted by Gasteiger charge is -2.18.